The van der Waals surface area contributed by atoms with Crippen molar-refractivity contribution in [1.82, 2.24) is 4.72 Å². The number of nitrogens with one attached hydrogen (secondary N) is 1. The van der Waals surface area contributed by atoms with Crippen LogP contribution in [0.25, 0.3) is 0 Å². The number of sulfonamides is 1. The Kier molecular flexibility index (Phi) is 5.23. The molecule has 0 saturated heterocycles. The summed E-state index contributed by atoms with van der Waals surface area (Å²) < 4.78 is 53.6. The molecule has 0 saturated carbocycles. The smallest absolute Gasteiger partial charge is 0.243 e. The zero-order chi connectivity index (χ0) is 15.6. The van der Waals surface area contributed by atoms with E-state index < -0.39 is 38.7 Å². The van der Waals surface area contributed by atoms with E-state index in [-0.39, 0.29) is 12.0 Å². The molecule has 1 aromatic carbocycles. The number of hydrogen-bond acceptors (Lipinski definition) is 3. The predicted octanol–water partition coefficient (Wildman–Crippen LogP) is 2.14. The minimum absolute atomic E-state index is 0.0493. The molecular formula is C13H20F2N2O2S. The maximum absolute atomic E-state index is 14.0. The summed E-state index contributed by atoms with van der Waals surface area (Å²) in [6, 6.07) is 1.81. The molecule has 0 aliphatic carbocycles. The molecule has 0 amide bonds. The van der Waals surface area contributed by atoms with Gasteiger partial charge in [0.15, 0.2) is 5.82 Å². The normalized spacial score (nSPS) is 12.7. The fourth-order valence-corrected chi connectivity index (χ4v) is 2.74. The van der Waals surface area contributed by atoms with Gasteiger partial charge in [0.05, 0.1) is 0 Å². The molecule has 0 atom stereocenters. The van der Waals surface area contributed by atoms with E-state index in [0.717, 1.165) is 12.1 Å². The van der Waals surface area contributed by atoms with Gasteiger partial charge in [-0.15, -0.1) is 0 Å². The van der Waals surface area contributed by atoms with Crippen LogP contribution in [0, 0.1) is 17.0 Å². The summed E-state index contributed by atoms with van der Waals surface area (Å²) in [7, 11) is -4.01. The molecule has 0 aromatic heterocycles. The highest BCUT2D eigenvalue weighted by atomic mass is 32.2. The van der Waals surface area contributed by atoms with E-state index in [1.807, 2.05) is 20.8 Å². The van der Waals surface area contributed by atoms with Gasteiger partial charge in [-0.1, -0.05) is 20.8 Å². The molecule has 1 aromatic rings. The maximum Gasteiger partial charge on any atom is 0.243 e. The number of halogens is 2. The van der Waals surface area contributed by atoms with Crippen molar-refractivity contribution in [2.45, 2.75) is 38.6 Å². The van der Waals surface area contributed by atoms with E-state index in [2.05, 4.69) is 4.72 Å². The summed E-state index contributed by atoms with van der Waals surface area (Å²) in [6.07, 6.45) is 0.596. The summed E-state index contributed by atoms with van der Waals surface area (Å²) in [5, 5.41) is 0. The third-order valence-electron chi connectivity index (χ3n) is 2.81. The summed E-state index contributed by atoms with van der Waals surface area (Å²) in [4.78, 5) is -0.576. The monoisotopic (exact) mass is 306 g/mol. The molecule has 4 nitrogen and oxygen atoms in total. The van der Waals surface area contributed by atoms with Crippen molar-refractivity contribution >= 4 is 10.0 Å². The van der Waals surface area contributed by atoms with Crippen molar-refractivity contribution in [3.8, 4) is 0 Å². The second kappa shape index (κ2) is 6.15. The van der Waals surface area contributed by atoms with Gasteiger partial charge in [0.2, 0.25) is 10.0 Å². The molecular weight excluding hydrogens is 286 g/mol. The standard InChI is InChI=1S/C13H20F2N2O2S/c1-13(2,3)6-7-17-20(18,19)11-5-4-10(14)9(8-16)12(11)15/h4-5,17H,6-8,16H2,1-3H3. The van der Waals surface area contributed by atoms with Crippen LogP contribution in [-0.2, 0) is 16.6 Å². The first-order valence-electron chi connectivity index (χ1n) is 6.25. The van der Waals surface area contributed by atoms with E-state index in [4.69, 9.17) is 5.73 Å². The Morgan fingerprint density at radius 2 is 1.85 bits per heavy atom. The third kappa shape index (κ3) is 4.22. The van der Waals surface area contributed by atoms with E-state index in [0.29, 0.717) is 6.42 Å². The fourth-order valence-electron chi connectivity index (χ4n) is 1.61. The Balaban J connectivity index is 2.99. The minimum atomic E-state index is -4.01. The summed E-state index contributed by atoms with van der Waals surface area (Å²) in [5.74, 6) is -1.98. The van der Waals surface area contributed by atoms with Gasteiger partial charge < -0.3 is 5.73 Å². The van der Waals surface area contributed by atoms with Crippen LogP contribution in [0.1, 0.15) is 32.8 Å². The second-order valence-corrected chi connectivity index (χ2v) is 7.49. The quantitative estimate of drug-likeness (QED) is 0.875. The molecule has 0 aliphatic heterocycles. The minimum Gasteiger partial charge on any atom is -0.326 e. The molecule has 114 valence electrons. The first-order chi connectivity index (χ1) is 9.08. The van der Waals surface area contributed by atoms with E-state index in [1.54, 1.807) is 0 Å². The molecule has 7 heteroatoms. The van der Waals surface area contributed by atoms with Crippen molar-refractivity contribution in [2.75, 3.05) is 6.54 Å². The molecule has 0 fully saturated rings. The van der Waals surface area contributed by atoms with Crippen molar-refractivity contribution in [2.24, 2.45) is 11.1 Å². The molecule has 0 radical (unpaired) electrons. The summed E-state index contributed by atoms with van der Waals surface area (Å²) in [6.45, 7) is 5.68. The van der Waals surface area contributed by atoms with E-state index in [9.17, 15) is 17.2 Å². The zero-order valence-corrected chi connectivity index (χ0v) is 12.7. The number of rotatable bonds is 5. The van der Waals surface area contributed by atoms with Crippen LogP contribution >= 0.6 is 0 Å². The average Bonchev–Trinajstić information content (AvgIpc) is 2.26. The first kappa shape index (κ1) is 17.0. The van der Waals surface area contributed by atoms with Gasteiger partial charge in [-0.25, -0.2) is 21.9 Å². The first-order valence-corrected chi connectivity index (χ1v) is 7.73. The average molecular weight is 306 g/mol. The number of benzene rings is 1. The second-order valence-electron chi connectivity index (χ2n) is 5.75. The molecule has 1 rings (SSSR count). The lowest BCUT2D eigenvalue weighted by atomic mass is 9.93. The molecule has 20 heavy (non-hydrogen) atoms. The third-order valence-corrected chi connectivity index (χ3v) is 4.29. The molecule has 0 spiro atoms. The number of nitrogens with two attached hydrogens (primary N) is 1. The lowest BCUT2D eigenvalue weighted by Crippen LogP contribution is -2.28. The van der Waals surface area contributed by atoms with Crippen LogP contribution in [0.4, 0.5) is 8.78 Å². The van der Waals surface area contributed by atoms with Gasteiger partial charge in [0.25, 0.3) is 0 Å². The van der Waals surface area contributed by atoms with Gasteiger partial charge >= 0.3 is 0 Å². The van der Waals surface area contributed by atoms with Crippen LogP contribution in [0.5, 0.6) is 0 Å². The topological polar surface area (TPSA) is 72.2 Å². The van der Waals surface area contributed by atoms with Crippen LogP contribution in [0.2, 0.25) is 0 Å². The molecule has 0 bridgehead atoms. The Morgan fingerprint density at radius 3 is 2.35 bits per heavy atom. The molecule has 0 heterocycles. The highest BCUT2D eigenvalue weighted by Crippen LogP contribution is 2.21. The fraction of sp³-hybridized carbons (Fsp3) is 0.538. The van der Waals surface area contributed by atoms with Gasteiger partial charge in [0.1, 0.15) is 10.7 Å². The Bertz CT molecular complexity index is 581. The lowest BCUT2D eigenvalue weighted by molar-refractivity contribution is 0.378. The van der Waals surface area contributed by atoms with Crippen LogP contribution in [0.3, 0.4) is 0 Å². The van der Waals surface area contributed by atoms with Gasteiger partial charge in [-0.3, -0.25) is 0 Å². The maximum atomic E-state index is 14.0. The molecule has 0 unspecified atom stereocenters. The molecule has 0 aliphatic rings. The highest BCUT2D eigenvalue weighted by molar-refractivity contribution is 7.89. The Labute approximate surface area is 118 Å². The zero-order valence-electron chi connectivity index (χ0n) is 11.8. The Morgan fingerprint density at radius 1 is 1.25 bits per heavy atom. The predicted molar refractivity (Wildman–Crippen MR) is 73.5 cm³/mol. The van der Waals surface area contributed by atoms with Crippen molar-refractivity contribution in [3.05, 3.63) is 29.3 Å². The summed E-state index contributed by atoms with van der Waals surface area (Å²) >= 11 is 0. The van der Waals surface area contributed by atoms with E-state index >= 15 is 0 Å². The number of hydrogen-bond donors (Lipinski definition) is 2. The van der Waals surface area contributed by atoms with Gasteiger partial charge in [-0.05, 0) is 24.0 Å². The lowest BCUT2D eigenvalue weighted by Gasteiger charge is -2.18. The van der Waals surface area contributed by atoms with Crippen molar-refractivity contribution in [1.29, 1.82) is 0 Å². The Hall–Kier alpha value is -1.05. The summed E-state index contributed by atoms with van der Waals surface area (Å²) in [5.41, 5.74) is 4.75. The SMILES string of the molecule is CC(C)(C)CCNS(=O)(=O)c1ccc(F)c(CN)c1F. The van der Waals surface area contributed by atoms with Crippen LogP contribution < -0.4 is 10.5 Å². The molecule has 3 N–H and O–H groups in total. The van der Waals surface area contributed by atoms with Gasteiger partial charge in [-0.2, -0.15) is 0 Å². The largest absolute Gasteiger partial charge is 0.326 e. The van der Waals surface area contributed by atoms with Gasteiger partial charge in [0, 0.05) is 18.7 Å². The van der Waals surface area contributed by atoms with Crippen LogP contribution in [-0.4, -0.2) is 15.0 Å². The highest BCUT2D eigenvalue weighted by Gasteiger charge is 2.23. The van der Waals surface area contributed by atoms with E-state index in [1.165, 1.54) is 0 Å². The van der Waals surface area contributed by atoms with Crippen molar-refractivity contribution in [3.63, 3.8) is 0 Å². The van der Waals surface area contributed by atoms with Crippen LogP contribution in [0.15, 0.2) is 17.0 Å². The van der Waals surface area contributed by atoms with Crippen molar-refractivity contribution < 1.29 is 17.2 Å².